The van der Waals surface area contributed by atoms with Gasteiger partial charge in [-0.25, -0.2) is 0 Å². The Hall–Kier alpha value is 3.37. The molecule has 0 radical (unpaired) electrons. The molecule has 0 aliphatic heterocycles. The fourth-order valence-electron chi connectivity index (χ4n) is 0. The Labute approximate surface area is 89.3 Å². The molecular formula is ClI2NaZn. The van der Waals surface area contributed by atoms with E-state index in [1.54, 1.807) is 0 Å². The van der Waals surface area contributed by atoms with Gasteiger partial charge in [-0.15, -0.1) is 0 Å². The van der Waals surface area contributed by atoms with E-state index in [4.69, 9.17) is 0 Å². The van der Waals surface area contributed by atoms with Gasteiger partial charge in [0, 0.05) is 0 Å². The van der Waals surface area contributed by atoms with E-state index >= 15 is 0 Å². The van der Waals surface area contributed by atoms with Gasteiger partial charge in [0.1, 0.15) is 0 Å². The van der Waals surface area contributed by atoms with E-state index in [0.717, 1.165) is 0 Å². The molecule has 0 spiro atoms. The Bertz CT molecular complexity index is 9.61. The fraction of sp³-hybridized carbons (Fsp3) is 0. The van der Waals surface area contributed by atoms with Crippen molar-refractivity contribution in [3.63, 3.8) is 0 Å². The summed E-state index contributed by atoms with van der Waals surface area (Å²) < 4.78 is 0. The molecule has 24 valence electrons. The number of halogens is 3. The van der Waals surface area contributed by atoms with E-state index in [9.17, 15) is 0 Å². The van der Waals surface area contributed by atoms with Gasteiger partial charge in [-0.3, -0.25) is 0 Å². The first-order valence-corrected chi connectivity index (χ1v) is 18.6. The Balaban J connectivity index is -0.0000000200. The van der Waals surface area contributed by atoms with Crippen molar-refractivity contribution in [1.82, 2.24) is 0 Å². The second kappa shape index (κ2) is 15.7. The average Bonchev–Trinajstić information content (AvgIpc) is 0.918. The predicted octanol–water partition coefficient (Wildman–Crippen LogP) is -4.22. The minimum Gasteiger partial charge on any atom is 1.00 e. The molecule has 0 N–H and O–H groups in total. The molecule has 0 aliphatic rings. The third-order valence-corrected chi connectivity index (χ3v) is 0. The molecule has 0 heterocycles. The van der Waals surface area contributed by atoms with Crippen LogP contribution >= 0.6 is 39.5 Å². The number of rotatable bonds is 0. The van der Waals surface area contributed by atoms with E-state index in [1.165, 1.54) is 0 Å². The van der Waals surface area contributed by atoms with Crippen LogP contribution in [0.15, 0.2) is 0 Å². The maximum Gasteiger partial charge on any atom is 1.00 e. The molecule has 0 fully saturated rings. The Kier molecular flexibility index (Phi) is 49.4. The fourth-order valence-corrected chi connectivity index (χ4v) is 0. The van der Waals surface area contributed by atoms with Crippen LogP contribution < -0.4 is 42.0 Å². The molecule has 5 heavy (non-hydrogen) atoms. The van der Waals surface area contributed by atoms with Gasteiger partial charge >= 0.3 is 79.2 Å². The zero-order valence-electron chi connectivity index (χ0n) is 2.84. The van der Waals surface area contributed by atoms with Gasteiger partial charge in [0.05, 0.1) is 0 Å². The van der Waals surface area contributed by atoms with Crippen LogP contribution in [0.25, 0.3) is 0 Å². The summed E-state index contributed by atoms with van der Waals surface area (Å²) in [6.45, 7) is 0. The topological polar surface area (TPSA) is 0 Å². The summed E-state index contributed by atoms with van der Waals surface area (Å²) in [6.07, 6.45) is 0. The molecule has 0 aliphatic carbocycles. The largest absolute Gasteiger partial charge is 1.00 e. The van der Waals surface area contributed by atoms with E-state index in [2.05, 4.69) is 39.5 Å². The van der Waals surface area contributed by atoms with Crippen molar-refractivity contribution in [2.24, 2.45) is 0 Å². The SMILES string of the molecule is [Cl-].[I][Zn][I].[Na+]. The van der Waals surface area contributed by atoms with Gasteiger partial charge in [0.2, 0.25) is 0 Å². The summed E-state index contributed by atoms with van der Waals surface area (Å²) in [7, 11) is 0.0650. The third-order valence-electron chi connectivity index (χ3n) is 0. The van der Waals surface area contributed by atoms with Crippen LogP contribution in [0.3, 0.4) is 0 Å². The van der Waals surface area contributed by atoms with Crippen molar-refractivity contribution in [2.45, 2.75) is 0 Å². The first-order valence-electron chi connectivity index (χ1n) is 0.535. The van der Waals surface area contributed by atoms with Crippen LogP contribution in [0.4, 0.5) is 0 Å². The Morgan fingerprint density at radius 3 is 1.20 bits per heavy atom. The van der Waals surface area contributed by atoms with Gasteiger partial charge in [-0.1, -0.05) is 0 Å². The predicted molar refractivity (Wildman–Crippen MR) is 28.0 cm³/mol. The van der Waals surface area contributed by atoms with E-state index in [0.29, 0.717) is 0 Å². The van der Waals surface area contributed by atoms with Crippen LogP contribution in [0.1, 0.15) is 0 Å². The molecule has 5 heteroatoms. The summed E-state index contributed by atoms with van der Waals surface area (Å²) in [5.41, 5.74) is 0. The van der Waals surface area contributed by atoms with Crippen molar-refractivity contribution < 1.29 is 52.1 Å². The molecule has 0 rings (SSSR count). The molecule has 0 aromatic rings. The molecule has 0 saturated heterocycles. The Morgan fingerprint density at radius 2 is 1.20 bits per heavy atom. The van der Waals surface area contributed by atoms with E-state index < -0.39 is 0 Å². The summed E-state index contributed by atoms with van der Waals surface area (Å²) in [5.74, 6) is 0. The van der Waals surface area contributed by atoms with Gasteiger partial charge in [0.25, 0.3) is 0 Å². The average molecular weight is 378 g/mol. The quantitative estimate of drug-likeness (QED) is 0.297. The second-order valence-corrected chi connectivity index (χ2v) is 23.6. The molecule has 0 amide bonds. The molecule has 0 aromatic heterocycles. The monoisotopic (exact) mass is 376 g/mol. The Morgan fingerprint density at radius 1 is 1.20 bits per heavy atom. The minimum atomic E-state index is 0. The van der Waals surface area contributed by atoms with Crippen molar-refractivity contribution in [2.75, 3.05) is 0 Å². The maximum atomic E-state index is 2.46. The minimum absolute atomic E-state index is 0. The van der Waals surface area contributed by atoms with Gasteiger partial charge in [-0.05, 0) is 0 Å². The summed E-state index contributed by atoms with van der Waals surface area (Å²) >= 11 is 4.93. The van der Waals surface area contributed by atoms with E-state index in [1.807, 2.05) is 0 Å². The third kappa shape index (κ3) is 18.7. The van der Waals surface area contributed by atoms with Crippen LogP contribution in [-0.2, 0) is 10.1 Å². The standard InChI is InChI=1S/ClH.2HI.Na.Zn/h3*1H;;/q;;;+1;+2/p-3. The smallest absolute Gasteiger partial charge is 1.00 e. The van der Waals surface area contributed by atoms with Gasteiger partial charge in [0.15, 0.2) is 0 Å². The van der Waals surface area contributed by atoms with Crippen LogP contribution in [0.2, 0.25) is 0 Å². The van der Waals surface area contributed by atoms with Crippen LogP contribution in [-0.4, -0.2) is 0 Å². The van der Waals surface area contributed by atoms with Crippen LogP contribution in [0, 0.1) is 0 Å². The first kappa shape index (κ1) is 15.8. The molecule has 0 saturated carbocycles. The summed E-state index contributed by atoms with van der Waals surface area (Å²) in [4.78, 5) is 0. The molecule has 0 nitrogen and oxygen atoms in total. The van der Waals surface area contributed by atoms with E-state index in [-0.39, 0.29) is 52.1 Å². The number of hydrogen-bond acceptors (Lipinski definition) is 0. The molecule has 0 atom stereocenters. The second-order valence-electron chi connectivity index (χ2n) is 0.101. The van der Waals surface area contributed by atoms with Gasteiger partial charge in [-0.2, -0.15) is 0 Å². The van der Waals surface area contributed by atoms with Crippen molar-refractivity contribution in [3.05, 3.63) is 0 Å². The molecule has 0 aromatic carbocycles. The van der Waals surface area contributed by atoms with Crippen molar-refractivity contribution in [3.8, 4) is 0 Å². The number of hydrogen-bond donors (Lipinski definition) is 0. The molecular weight excluding hydrogens is 378 g/mol. The van der Waals surface area contributed by atoms with Gasteiger partial charge < -0.3 is 12.4 Å². The van der Waals surface area contributed by atoms with Crippen molar-refractivity contribution >= 4 is 39.5 Å². The maximum absolute atomic E-state index is 2.46. The zero-order valence-corrected chi connectivity index (χ0v) is 12.9. The first-order chi connectivity index (χ1) is 1.41. The van der Waals surface area contributed by atoms with Crippen LogP contribution in [0.5, 0.6) is 0 Å². The summed E-state index contributed by atoms with van der Waals surface area (Å²) in [6, 6.07) is 0. The zero-order chi connectivity index (χ0) is 2.71. The molecule has 0 bridgehead atoms. The summed E-state index contributed by atoms with van der Waals surface area (Å²) in [5, 5.41) is 0. The molecule has 0 unspecified atom stereocenters. The van der Waals surface area contributed by atoms with Crippen molar-refractivity contribution in [1.29, 1.82) is 0 Å². The normalized spacial score (nSPS) is 2.00.